The van der Waals surface area contributed by atoms with Crippen LogP contribution in [0.3, 0.4) is 0 Å². The van der Waals surface area contributed by atoms with Crippen molar-refractivity contribution >= 4 is 23.6 Å². The van der Waals surface area contributed by atoms with Crippen molar-refractivity contribution in [1.82, 2.24) is 0 Å². The molecule has 2 N–H and O–H groups in total. The lowest BCUT2D eigenvalue weighted by molar-refractivity contribution is -0.112. The van der Waals surface area contributed by atoms with Crippen LogP contribution in [-0.2, 0) is 17.8 Å². The zero-order chi connectivity index (χ0) is 22.9. The van der Waals surface area contributed by atoms with Crippen LogP contribution in [0.2, 0.25) is 0 Å². The highest BCUT2D eigenvalue weighted by molar-refractivity contribution is 6.10. The van der Waals surface area contributed by atoms with Gasteiger partial charge in [0.2, 0.25) is 0 Å². The number of aryl methyl sites for hydroxylation is 1. The van der Waals surface area contributed by atoms with Crippen molar-refractivity contribution in [1.29, 1.82) is 5.26 Å². The van der Waals surface area contributed by atoms with Crippen LogP contribution in [0.4, 0.5) is 5.69 Å². The van der Waals surface area contributed by atoms with Crippen LogP contribution < -0.4 is 10.1 Å². The lowest BCUT2D eigenvalue weighted by atomic mass is 10.1. The zero-order valence-electron chi connectivity index (χ0n) is 17.5. The molecular formula is C26H22N2O4. The van der Waals surface area contributed by atoms with Gasteiger partial charge in [-0.15, -0.1) is 0 Å². The van der Waals surface area contributed by atoms with E-state index in [-0.39, 0.29) is 17.7 Å². The molecule has 0 spiro atoms. The van der Waals surface area contributed by atoms with Gasteiger partial charge in [-0.1, -0.05) is 49.4 Å². The van der Waals surface area contributed by atoms with Crippen molar-refractivity contribution in [2.24, 2.45) is 0 Å². The fraction of sp³-hybridized carbons (Fsp3) is 0.115. The van der Waals surface area contributed by atoms with E-state index < -0.39 is 11.9 Å². The Kier molecular flexibility index (Phi) is 7.39. The van der Waals surface area contributed by atoms with Gasteiger partial charge in [-0.25, -0.2) is 4.79 Å². The highest BCUT2D eigenvalue weighted by atomic mass is 16.5. The number of carboxylic acids is 1. The van der Waals surface area contributed by atoms with Gasteiger partial charge in [0.25, 0.3) is 5.91 Å². The summed E-state index contributed by atoms with van der Waals surface area (Å²) in [6.07, 6.45) is 2.29. The molecule has 1 amide bonds. The van der Waals surface area contributed by atoms with Crippen LogP contribution in [0.5, 0.6) is 5.75 Å². The summed E-state index contributed by atoms with van der Waals surface area (Å²) < 4.78 is 5.71. The summed E-state index contributed by atoms with van der Waals surface area (Å²) in [7, 11) is 0. The Labute approximate surface area is 186 Å². The minimum Gasteiger partial charge on any atom is -0.489 e. The van der Waals surface area contributed by atoms with Crippen molar-refractivity contribution in [3.8, 4) is 11.8 Å². The predicted molar refractivity (Wildman–Crippen MR) is 122 cm³/mol. The monoisotopic (exact) mass is 426 g/mol. The van der Waals surface area contributed by atoms with Gasteiger partial charge >= 0.3 is 5.97 Å². The van der Waals surface area contributed by atoms with Crippen molar-refractivity contribution in [2.45, 2.75) is 20.0 Å². The minimum absolute atomic E-state index is 0.00457. The molecule has 6 heteroatoms. The first-order valence-electron chi connectivity index (χ1n) is 10.1. The van der Waals surface area contributed by atoms with Crippen LogP contribution in [0.25, 0.3) is 6.08 Å². The summed E-state index contributed by atoms with van der Waals surface area (Å²) in [6, 6.07) is 22.9. The third kappa shape index (κ3) is 5.83. The molecule has 0 aliphatic rings. The van der Waals surface area contributed by atoms with Crippen molar-refractivity contribution in [3.63, 3.8) is 0 Å². The fourth-order valence-electron chi connectivity index (χ4n) is 3.08. The van der Waals surface area contributed by atoms with E-state index in [4.69, 9.17) is 9.84 Å². The summed E-state index contributed by atoms with van der Waals surface area (Å²) in [5.41, 5.74) is 3.31. The van der Waals surface area contributed by atoms with Crippen LogP contribution in [0, 0.1) is 11.3 Å². The smallest absolute Gasteiger partial charge is 0.335 e. The molecule has 0 unspecified atom stereocenters. The first-order valence-corrected chi connectivity index (χ1v) is 10.1. The average Bonchev–Trinajstić information content (AvgIpc) is 2.82. The second-order valence-electron chi connectivity index (χ2n) is 7.00. The molecule has 160 valence electrons. The highest BCUT2D eigenvalue weighted by Gasteiger charge is 2.11. The first kappa shape index (κ1) is 22.3. The van der Waals surface area contributed by atoms with E-state index in [9.17, 15) is 14.9 Å². The SMILES string of the molecule is CCc1ccccc1NC(=O)/C(C#N)=C\c1ccc(OCc2cccc(C(=O)O)c2)cc1. The number of amides is 1. The van der Waals surface area contributed by atoms with E-state index >= 15 is 0 Å². The molecule has 0 bridgehead atoms. The lowest BCUT2D eigenvalue weighted by Crippen LogP contribution is -2.14. The predicted octanol–water partition coefficient (Wildman–Crippen LogP) is 5.07. The first-order chi connectivity index (χ1) is 15.5. The summed E-state index contributed by atoms with van der Waals surface area (Å²) in [5, 5.41) is 21.3. The summed E-state index contributed by atoms with van der Waals surface area (Å²) in [5.74, 6) is -0.867. The van der Waals surface area contributed by atoms with Crippen molar-refractivity contribution in [2.75, 3.05) is 5.32 Å². The third-order valence-electron chi connectivity index (χ3n) is 4.78. The number of carboxylic acid groups (broad SMARTS) is 1. The Morgan fingerprint density at radius 2 is 1.81 bits per heavy atom. The number of aromatic carboxylic acids is 1. The van der Waals surface area contributed by atoms with Gasteiger partial charge in [-0.05, 0) is 59.5 Å². The molecule has 3 aromatic carbocycles. The Morgan fingerprint density at radius 3 is 2.50 bits per heavy atom. The van der Waals surface area contributed by atoms with E-state index in [2.05, 4.69) is 5.32 Å². The maximum absolute atomic E-state index is 12.5. The standard InChI is InChI=1S/C26H22N2O4/c1-2-20-7-3-4-9-24(20)28-25(29)22(16-27)14-18-10-12-23(13-11-18)32-17-19-6-5-8-21(15-19)26(30)31/h3-15H,2,17H2,1H3,(H,28,29)(H,30,31)/b22-14-. The largest absolute Gasteiger partial charge is 0.489 e. The Morgan fingerprint density at radius 1 is 1.06 bits per heavy atom. The van der Waals surface area contributed by atoms with Gasteiger partial charge in [0.05, 0.1) is 5.56 Å². The number of anilines is 1. The second-order valence-corrected chi connectivity index (χ2v) is 7.00. The Bertz CT molecular complexity index is 1190. The van der Waals surface area contributed by atoms with Gasteiger partial charge in [0.1, 0.15) is 24.0 Å². The highest BCUT2D eigenvalue weighted by Crippen LogP contribution is 2.19. The molecule has 6 nitrogen and oxygen atoms in total. The number of benzene rings is 3. The van der Waals surface area contributed by atoms with Crippen molar-refractivity contribution in [3.05, 3.63) is 101 Å². The van der Waals surface area contributed by atoms with Gasteiger partial charge in [0.15, 0.2) is 0 Å². The summed E-state index contributed by atoms with van der Waals surface area (Å²) in [4.78, 5) is 23.6. The summed E-state index contributed by atoms with van der Waals surface area (Å²) >= 11 is 0. The Hall–Kier alpha value is -4.37. The molecule has 0 radical (unpaired) electrons. The maximum Gasteiger partial charge on any atom is 0.335 e. The molecule has 0 heterocycles. The lowest BCUT2D eigenvalue weighted by Gasteiger charge is -2.09. The van der Waals surface area contributed by atoms with Gasteiger partial charge < -0.3 is 15.2 Å². The Balaban J connectivity index is 1.66. The van der Waals surface area contributed by atoms with E-state index in [0.717, 1.165) is 17.5 Å². The number of para-hydroxylation sites is 1. The molecular weight excluding hydrogens is 404 g/mol. The third-order valence-corrected chi connectivity index (χ3v) is 4.78. The van der Waals surface area contributed by atoms with Crippen LogP contribution in [0.15, 0.2) is 78.4 Å². The molecule has 32 heavy (non-hydrogen) atoms. The molecule has 0 fully saturated rings. The minimum atomic E-state index is -0.987. The van der Waals surface area contributed by atoms with E-state index in [1.54, 1.807) is 42.5 Å². The van der Waals surface area contributed by atoms with Crippen LogP contribution in [0.1, 0.15) is 34.0 Å². The average molecular weight is 426 g/mol. The second kappa shape index (κ2) is 10.6. The van der Waals surface area contributed by atoms with Crippen molar-refractivity contribution < 1.29 is 19.4 Å². The topological polar surface area (TPSA) is 99.4 Å². The molecule has 3 rings (SSSR count). The van der Waals surface area contributed by atoms with Crippen LogP contribution >= 0.6 is 0 Å². The van der Waals surface area contributed by atoms with E-state index in [1.807, 2.05) is 37.3 Å². The number of nitriles is 1. The number of nitrogens with one attached hydrogen (secondary N) is 1. The number of hydrogen-bond acceptors (Lipinski definition) is 4. The van der Waals surface area contributed by atoms with E-state index in [1.165, 1.54) is 12.1 Å². The molecule has 0 aliphatic heterocycles. The number of rotatable bonds is 8. The maximum atomic E-state index is 12.5. The molecule has 0 atom stereocenters. The summed E-state index contributed by atoms with van der Waals surface area (Å²) in [6.45, 7) is 2.22. The molecule has 3 aromatic rings. The van der Waals surface area contributed by atoms with Gasteiger partial charge in [0, 0.05) is 5.69 Å². The zero-order valence-corrected chi connectivity index (χ0v) is 17.5. The van der Waals surface area contributed by atoms with Crippen LogP contribution in [-0.4, -0.2) is 17.0 Å². The normalized spacial score (nSPS) is 10.8. The number of ether oxygens (including phenoxy) is 1. The quantitative estimate of drug-likeness (QED) is 0.387. The molecule has 0 aromatic heterocycles. The number of carbonyl (C=O) groups is 2. The number of hydrogen-bond donors (Lipinski definition) is 2. The van der Waals surface area contributed by atoms with Gasteiger partial charge in [-0.2, -0.15) is 5.26 Å². The fourth-order valence-corrected chi connectivity index (χ4v) is 3.08. The number of carbonyl (C=O) groups excluding carboxylic acids is 1. The molecule has 0 aliphatic carbocycles. The van der Waals surface area contributed by atoms with Gasteiger partial charge in [-0.3, -0.25) is 4.79 Å². The van der Waals surface area contributed by atoms with E-state index in [0.29, 0.717) is 17.0 Å². The molecule has 0 saturated heterocycles. The number of nitrogens with zero attached hydrogens (tertiary/aromatic N) is 1. The molecule has 0 saturated carbocycles.